The first kappa shape index (κ1) is 26.7. The lowest BCUT2D eigenvalue weighted by Crippen LogP contribution is -2.29. The van der Waals surface area contributed by atoms with E-state index in [1.54, 1.807) is 19.1 Å². The summed E-state index contributed by atoms with van der Waals surface area (Å²) in [4.78, 5) is 15.8. The molecule has 3 aromatic rings. The number of nitrogens with zero attached hydrogens (tertiary/aromatic N) is 3. The molecule has 2 heterocycles. The molecular formula is C31H39N3O3S. The molecule has 6 nitrogen and oxygen atoms in total. The zero-order chi connectivity index (χ0) is 27.1. The Bertz CT molecular complexity index is 1380. The summed E-state index contributed by atoms with van der Waals surface area (Å²) in [5.74, 6) is 0.642. The number of rotatable bonds is 8. The summed E-state index contributed by atoms with van der Waals surface area (Å²) >= 11 is 0. The van der Waals surface area contributed by atoms with E-state index >= 15 is 0 Å². The number of aryl methyl sites for hydroxylation is 1. The highest BCUT2D eigenvalue weighted by Crippen LogP contribution is 2.45. The van der Waals surface area contributed by atoms with E-state index in [2.05, 4.69) is 55.9 Å². The van der Waals surface area contributed by atoms with Gasteiger partial charge >= 0.3 is 0 Å². The molecular weight excluding hydrogens is 494 g/mol. The molecule has 38 heavy (non-hydrogen) atoms. The minimum atomic E-state index is -3.22. The fraction of sp³-hybridized carbons (Fsp3) is 0.484. The number of benzene rings is 2. The molecule has 0 bridgehead atoms. The lowest BCUT2D eigenvalue weighted by atomic mass is 9.79. The van der Waals surface area contributed by atoms with Crippen LogP contribution in [0.5, 0.6) is 0 Å². The average Bonchev–Trinajstić information content (AvgIpc) is 3.49. The van der Waals surface area contributed by atoms with Crippen molar-refractivity contribution in [3.05, 3.63) is 83.2 Å². The van der Waals surface area contributed by atoms with Crippen LogP contribution >= 0.6 is 0 Å². The summed E-state index contributed by atoms with van der Waals surface area (Å²) in [6.07, 6.45) is 5.64. The molecule has 2 aliphatic rings. The van der Waals surface area contributed by atoms with E-state index in [1.165, 1.54) is 24.0 Å². The van der Waals surface area contributed by atoms with Crippen molar-refractivity contribution in [3.63, 3.8) is 0 Å². The zero-order valence-electron chi connectivity index (χ0n) is 22.9. The van der Waals surface area contributed by atoms with E-state index in [1.807, 2.05) is 23.1 Å². The van der Waals surface area contributed by atoms with Crippen LogP contribution in [0.15, 0.2) is 65.7 Å². The van der Waals surface area contributed by atoms with E-state index in [9.17, 15) is 13.2 Å². The summed E-state index contributed by atoms with van der Waals surface area (Å²) in [6, 6.07) is 18.0. The van der Waals surface area contributed by atoms with Crippen LogP contribution in [0.1, 0.15) is 87.2 Å². The maximum atomic E-state index is 13.5. The number of likely N-dealkylation sites (tertiary alicyclic amines) is 1. The molecule has 5 rings (SSSR count). The van der Waals surface area contributed by atoms with Crippen molar-refractivity contribution in [3.8, 4) is 0 Å². The van der Waals surface area contributed by atoms with E-state index in [4.69, 9.17) is 5.10 Å². The van der Waals surface area contributed by atoms with Crippen molar-refractivity contribution in [2.24, 2.45) is 0 Å². The molecule has 2 aromatic carbocycles. The molecule has 0 N–H and O–H groups in total. The maximum Gasteiger partial charge on any atom is 0.222 e. The van der Waals surface area contributed by atoms with Gasteiger partial charge in [-0.2, -0.15) is 5.10 Å². The summed E-state index contributed by atoms with van der Waals surface area (Å²) in [7, 11) is -3.22. The molecule has 1 aliphatic heterocycles. The summed E-state index contributed by atoms with van der Waals surface area (Å²) in [5.41, 5.74) is 4.59. The van der Waals surface area contributed by atoms with Gasteiger partial charge in [-0.3, -0.25) is 9.48 Å². The van der Waals surface area contributed by atoms with Gasteiger partial charge in [-0.15, -0.1) is 0 Å². The lowest BCUT2D eigenvalue weighted by Gasteiger charge is -2.23. The van der Waals surface area contributed by atoms with Crippen molar-refractivity contribution in [2.45, 2.75) is 81.6 Å². The van der Waals surface area contributed by atoms with Gasteiger partial charge in [0.25, 0.3) is 0 Å². The van der Waals surface area contributed by atoms with Gasteiger partial charge in [0.15, 0.2) is 9.84 Å². The lowest BCUT2D eigenvalue weighted by molar-refractivity contribution is -0.130. The SMILES string of the molecule is CCS(=O)(=O)c1ccc(CCC(=O)N2CC(c3ccccc3)C(c3cn(C4CC4)nc3C(C)(C)C)C2)cc1. The number of carbonyl (C=O) groups excluding carboxylic acids is 1. The Morgan fingerprint density at radius 3 is 2.24 bits per heavy atom. The standard InChI is InChI=1S/C31H39N3O3S/c1-5-38(36,37)25-16-11-22(12-17-25)13-18-29(35)33-19-26(23-9-7-6-8-10-23)27(20-33)28-21-34(24-14-15-24)32-30(28)31(2,3)4/h6-12,16-17,21,24,26-27H,5,13-15,18-20H2,1-4H3. The Hall–Kier alpha value is -2.93. The van der Waals surface area contributed by atoms with Gasteiger partial charge in [0.05, 0.1) is 22.4 Å². The van der Waals surface area contributed by atoms with Crippen molar-refractivity contribution < 1.29 is 13.2 Å². The van der Waals surface area contributed by atoms with E-state index in [0.29, 0.717) is 36.9 Å². The minimum absolute atomic E-state index is 0.0778. The highest BCUT2D eigenvalue weighted by atomic mass is 32.2. The first-order valence-corrected chi connectivity index (χ1v) is 15.5. The second kappa shape index (κ2) is 10.3. The van der Waals surface area contributed by atoms with Gasteiger partial charge < -0.3 is 4.90 Å². The number of carbonyl (C=O) groups is 1. The maximum absolute atomic E-state index is 13.5. The highest BCUT2D eigenvalue weighted by molar-refractivity contribution is 7.91. The van der Waals surface area contributed by atoms with Crippen LogP contribution in [-0.2, 0) is 26.5 Å². The molecule has 0 radical (unpaired) electrons. The first-order chi connectivity index (χ1) is 18.1. The molecule has 2 fully saturated rings. The van der Waals surface area contributed by atoms with Gasteiger partial charge in [-0.1, -0.05) is 70.2 Å². The number of hydrogen-bond donors (Lipinski definition) is 0. The Morgan fingerprint density at radius 2 is 1.63 bits per heavy atom. The fourth-order valence-corrected chi connectivity index (χ4v) is 6.47. The molecule has 1 aromatic heterocycles. The molecule has 1 saturated heterocycles. The van der Waals surface area contributed by atoms with Gasteiger partial charge in [0.1, 0.15) is 0 Å². The predicted octanol–water partition coefficient (Wildman–Crippen LogP) is 5.65. The number of aromatic nitrogens is 2. The summed E-state index contributed by atoms with van der Waals surface area (Å²) < 4.78 is 26.4. The monoisotopic (exact) mass is 533 g/mol. The van der Waals surface area contributed by atoms with Crippen LogP contribution in [-0.4, -0.2) is 47.8 Å². The Balaban J connectivity index is 1.36. The van der Waals surface area contributed by atoms with Crippen LogP contribution in [0.3, 0.4) is 0 Å². The third-order valence-corrected chi connectivity index (χ3v) is 9.73. The van der Waals surface area contributed by atoms with Crippen molar-refractivity contribution in [1.29, 1.82) is 0 Å². The van der Waals surface area contributed by atoms with Gasteiger partial charge in [0, 0.05) is 43.0 Å². The van der Waals surface area contributed by atoms with Gasteiger partial charge in [-0.25, -0.2) is 8.42 Å². The highest BCUT2D eigenvalue weighted by Gasteiger charge is 2.41. The largest absolute Gasteiger partial charge is 0.341 e. The third kappa shape index (κ3) is 5.58. The number of sulfone groups is 1. The zero-order valence-corrected chi connectivity index (χ0v) is 23.7. The Morgan fingerprint density at radius 1 is 0.974 bits per heavy atom. The summed E-state index contributed by atoms with van der Waals surface area (Å²) in [6.45, 7) is 9.70. The summed E-state index contributed by atoms with van der Waals surface area (Å²) in [5, 5.41) is 5.06. The van der Waals surface area contributed by atoms with Crippen molar-refractivity contribution in [2.75, 3.05) is 18.8 Å². The van der Waals surface area contributed by atoms with Crippen molar-refractivity contribution in [1.82, 2.24) is 14.7 Å². The Kier molecular flexibility index (Phi) is 7.25. The minimum Gasteiger partial charge on any atom is -0.341 e. The smallest absolute Gasteiger partial charge is 0.222 e. The molecule has 1 amide bonds. The third-order valence-electron chi connectivity index (χ3n) is 7.98. The molecule has 0 spiro atoms. The molecule has 2 atom stereocenters. The second-order valence-corrected chi connectivity index (χ2v) is 14.1. The van der Waals surface area contributed by atoms with E-state index in [0.717, 1.165) is 11.3 Å². The fourth-order valence-electron chi connectivity index (χ4n) is 5.59. The molecule has 1 saturated carbocycles. The predicted molar refractivity (Wildman–Crippen MR) is 150 cm³/mol. The van der Waals surface area contributed by atoms with E-state index in [-0.39, 0.29) is 28.9 Å². The second-order valence-electron chi connectivity index (χ2n) is 11.9. The molecule has 1 aliphatic carbocycles. The first-order valence-electron chi connectivity index (χ1n) is 13.8. The molecule has 7 heteroatoms. The van der Waals surface area contributed by atoms with Gasteiger partial charge in [-0.05, 0) is 48.1 Å². The quantitative estimate of drug-likeness (QED) is 0.375. The number of amides is 1. The average molecular weight is 534 g/mol. The van der Waals surface area contributed by atoms with Crippen LogP contribution in [0.2, 0.25) is 0 Å². The molecule has 202 valence electrons. The van der Waals surface area contributed by atoms with Crippen LogP contribution in [0.4, 0.5) is 0 Å². The topological polar surface area (TPSA) is 72.3 Å². The Labute approximate surface area is 227 Å². The van der Waals surface area contributed by atoms with Crippen LogP contribution in [0, 0.1) is 0 Å². The van der Waals surface area contributed by atoms with Crippen LogP contribution in [0.25, 0.3) is 0 Å². The molecule has 2 unspecified atom stereocenters. The normalized spacial score (nSPS) is 20.2. The van der Waals surface area contributed by atoms with Crippen molar-refractivity contribution >= 4 is 15.7 Å². The van der Waals surface area contributed by atoms with Gasteiger partial charge in [0.2, 0.25) is 5.91 Å². The number of hydrogen-bond acceptors (Lipinski definition) is 4. The van der Waals surface area contributed by atoms with Crippen LogP contribution < -0.4 is 0 Å². The van der Waals surface area contributed by atoms with E-state index < -0.39 is 9.84 Å².